The molecule has 0 bridgehead atoms. The second-order valence-corrected chi connectivity index (χ2v) is 6.69. The van der Waals surface area contributed by atoms with Crippen molar-refractivity contribution in [2.45, 2.75) is 19.0 Å². The molecule has 2 aromatic carbocycles. The van der Waals surface area contributed by atoms with E-state index in [0.717, 1.165) is 6.07 Å². The highest BCUT2D eigenvalue weighted by Gasteiger charge is 2.30. The summed E-state index contributed by atoms with van der Waals surface area (Å²) in [5, 5.41) is 19.0. The SMILES string of the molecule is O=C(c1cccc(O)c1)N1CCN(Cc2ccc(F)c(F)c2)[C@H](CCO)C1. The fourth-order valence-electron chi connectivity index (χ4n) is 3.40. The number of halogens is 2. The Hall–Kier alpha value is -2.51. The molecule has 1 aliphatic rings. The average Bonchev–Trinajstić information content (AvgIpc) is 2.66. The first-order chi connectivity index (χ1) is 13.0. The van der Waals surface area contributed by atoms with Crippen molar-refractivity contribution in [2.75, 3.05) is 26.2 Å². The molecule has 144 valence electrons. The molecular formula is C20H22F2N2O3. The maximum absolute atomic E-state index is 13.5. The molecular weight excluding hydrogens is 354 g/mol. The van der Waals surface area contributed by atoms with Gasteiger partial charge in [0, 0.05) is 44.4 Å². The predicted molar refractivity (Wildman–Crippen MR) is 96.3 cm³/mol. The molecule has 1 amide bonds. The van der Waals surface area contributed by atoms with E-state index in [4.69, 9.17) is 0 Å². The molecule has 1 atom stereocenters. The maximum Gasteiger partial charge on any atom is 0.254 e. The number of aliphatic hydroxyl groups excluding tert-OH is 1. The van der Waals surface area contributed by atoms with Crippen molar-refractivity contribution >= 4 is 5.91 Å². The van der Waals surface area contributed by atoms with Crippen LogP contribution in [0.4, 0.5) is 8.78 Å². The fourth-order valence-corrected chi connectivity index (χ4v) is 3.40. The van der Waals surface area contributed by atoms with Crippen molar-refractivity contribution in [1.82, 2.24) is 9.80 Å². The van der Waals surface area contributed by atoms with E-state index >= 15 is 0 Å². The van der Waals surface area contributed by atoms with Crippen LogP contribution in [0, 0.1) is 11.6 Å². The monoisotopic (exact) mass is 376 g/mol. The summed E-state index contributed by atoms with van der Waals surface area (Å²) in [6.07, 6.45) is 0.466. The number of aromatic hydroxyl groups is 1. The first kappa shape index (κ1) is 19.3. The Bertz CT molecular complexity index is 816. The molecule has 1 saturated heterocycles. The van der Waals surface area contributed by atoms with Gasteiger partial charge in [0.2, 0.25) is 0 Å². The summed E-state index contributed by atoms with van der Waals surface area (Å²) in [5.41, 5.74) is 1.05. The zero-order chi connectivity index (χ0) is 19.4. The molecule has 0 spiro atoms. The second-order valence-electron chi connectivity index (χ2n) is 6.69. The van der Waals surface area contributed by atoms with Crippen LogP contribution >= 0.6 is 0 Å². The van der Waals surface area contributed by atoms with Crippen LogP contribution in [0.1, 0.15) is 22.3 Å². The predicted octanol–water partition coefficient (Wildman–Crippen LogP) is 2.38. The van der Waals surface area contributed by atoms with Gasteiger partial charge in [-0.1, -0.05) is 12.1 Å². The number of amides is 1. The van der Waals surface area contributed by atoms with Gasteiger partial charge < -0.3 is 15.1 Å². The molecule has 0 aromatic heterocycles. The summed E-state index contributed by atoms with van der Waals surface area (Å²) in [7, 11) is 0. The van der Waals surface area contributed by atoms with Gasteiger partial charge in [0.25, 0.3) is 5.91 Å². The lowest BCUT2D eigenvalue weighted by molar-refractivity contribution is 0.0394. The molecule has 2 aromatic rings. The molecule has 27 heavy (non-hydrogen) atoms. The summed E-state index contributed by atoms with van der Waals surface area (Å²) in [6.45, 7) is 1.82. The van der Waals surface area contributed by atoms with E-state index in [-0.39, 0.29) is 24.3 Å². The number of carbonyl (C=O) groups excluding carboxylic acids is 1. The minimum absolute atomic E-state index is 0.0322. The van der Waals surface area contributed by atoms with Crippen molar-refractivity contribution in [1.29, 1.82) is 0 Å². The summed E-state index contributed by atoms with van der Waals surface area (Å²) in [4.78, 5) is 16.4. The number of piperazine rings is 1. The molecule has 3 rings (SSSR count). The van der Waals surface area contributed by atoms with Crippen LogP contribution < -0.4 is 0 Å². The van der Waals surface area contributed by atoms with Crippen LogP contribution in [0.5, 0.6) is 5.75 Å². The zero-order valence-corrected chi connectivity index (χ0v) is 14.8. The molecule has 2 N–H and O–H groups in total. The number of hydrogen-bond donors (Lipinski definition) is 2. The van der Waals surface area contributed by atoms with Gasteiger partial charge in [-0.15, -0.1) is 0 Å². The third-order valence-electron chi connectivity index (χ3n) is 4.82. The topological polar surface area (TPSA) is 64.0 Å². The van der Waals surface area contributed by atoms with Gasteiger partial charge in [-0.25, -0.2) is 8.78 Å². The van der Waals surface area contributed by atoms with Gasteiger partial charge >= 0.3 is 0 Å². The van der Waals surface area contributed by atoms with Gasteiger partial charge in [-0.2, -0.15) is 0 Å². The lowest BCUT2D eigenvalue weighted by Crippen LogP contribution is -2.54. The van der Waals surface area contributed by atoms with Gasteiger partial charge in [-0.3, -0.25) is 9.69 Å². The molecule has 0 saturated carbocycles. The Balaban J connectivity index is 1.70. The molecule has 0 aliphatic carbocycles. The smallest absolute Gasteiger partial charge is 0.254 e. The molecule has 0 radical (unpaired) electrons. The first-order valence-electron chi connectivity index (χ1n) is 8.85. The van der Waals surface area contributed by atoms with Crippen LogP contribution in [-0.4, -0.2) is 58.2 Å². The van der Waals surface area contributed by atoms with Crippen molar-refractivity contribution in [3.63, 3.8) is 0 Å². The van der Waals surface area contributed by atoms with Gasteiger partial charge in [0.05, 0.1) is 0 Å². The highest BCUT2D eigenvalue weighted by atomic mass is 19.2. The molecule has 7 heteroatoms. The maximum atomic E-state index is 13.5. The number of phenolic OH excluding ortho intramolecular Hbond substituents is 1. The molecule has 5 nitrogen and oxygen atoms in total. The Morgan fingerprint density at radius 2 is 1.93 bits per heavy atom. The standard InChI is InChI=1S/C20H22F2N2O3/c21-18-5-4-14(10-19(18)22)12-23-7-8-24(13-16(23)6-9-25)20(27)15-2-1-3-17(26)11-15/h1-5,10-11,16,25-26H,6-9,12-13H2/t16-/m1/s1. The number of benzene rings is 2. The lowest BCUT2D eigenvalue weighted by atomic mass is 10.1. The van der Waals surface area contributed by atoms with Gasteiger partial charge in [-0.05, 0) is 42.3 Å². The number of phenols is 1. The first-order valence-corrected chi connectivity index (χ1v) is 8.85. The number of rotatable bonds is 5. The van der Waals surface area contributed by atoms with Crippen LogP contribution in [0.3, 0.4) is 0 Å². The molecule has 1 aliphatic heterocycles. The number of hydrogen-bond acceptors (Lipinski definition) is 4. The zero-order valence-electron chi connectivity index (χ0n) is 14.8. The van der Waals surface area contributed by atoms with E-state index in [1.54, 1.807) is 23.1 Å². The third kappa shape index (κ3) is 4.61. The van der Waals surface area contributed by atoms with E-state index in [0.29, 0.717) is 43.7 Å². The third-order valence-corrected chi connectivity index (χ3v) is 4.82. The van der Waals surface area contributed by atoms with Gasteiger partial charge in [0.15, 0.2) is 11.6 Å². The summed E-state index contributed by atoms with van der Waals surface area (Å²) in [6, 6.07) is 9.92. The van der Waals surface area contributed by atoms with Crippen LogP contribution in [0.15, 0.2) is 42.5 Å². The molecule has 1 fully saturated rings. The molecule has 0 unspecified atom stereocenters. The van der Waals surface area contributed by atoms with Crippen molar-refractivity contribution in [3.8, 4) is 5.75 Å². The minimum Gasteiger partial charge on any atom is -0.508 e. The fraction of sp³-hybridized carbons (Fsp3) is 0.350. The number of aliphatic hydroxyl groups is 1. The summed E-state index contributed by atoms with van der Waals surface area (Å²) in [5.74, 6) is -1.91. The number of carbonyl (C=O) groups is 1. The van der Waals surface area contributed by atoms with Crippen LogP contribution in [0.25, 0.3) is 0 Å². The number of nitrogens with zero attached hydrogens (tertiary/aromatic N) is 2. The Morgan fingerprint density at radius 1 is 1.11 bits per heavy atom. The van der Waals surface area contributed by atoms with Crippen molar-refractivity contribution < 1.29 is 23.8 Å². The molecule has 1 heterocycles. The normalized spacial score (nSPS) is 17.9. The highest BCUT2D eigenvalue weighted by molar-refractivity contribution is 5.94. The van der Waals surface area contributed by atoms with Crippen molar-refractivity contribution in [3.05, 3.63) is 65.2 Å². The van der Waals surface area contributed by atoms with E-state index in [1.807, 2.05) is 0 Å². The highest BCUT2D eigenvalue weighted by Crippen LogP contribution is 2.20. The Kier molecular flexibility index (Phi) is 6.03. The van der Waals surface area contributed by atoms with E-state index < -0.39 is 11.6 Å². The van der Waals surface area contributed by atoms with Crippen LogP contribution in [-0.2, 0) is 6.54 Å². The minimum atomic E-state index is -0.885. The van der Waals surface area contributed by atoms with Gasteiger partial charge in [0.1, 0.15) is 5.75 Å². The Labute approximate surface area is 156 Å². The lowest BCUT2D eigenvalue weighted by Gasteiger charge is -2.41. The summed E-state index contributed by atoms with van der Waals surface area (Å²) < 4.78 is 26.6. The Morgan fingerprint density at radius 3 is 2.63 bits per heavy atom. The van der Waals surface area contributed by atoms with Crippen LogP contribution in [0.2, 0.25) is 0 Å². The van der Waals surface area contributed by atoms with E-state index in [2.05, 4.69) is 4.90 Å². The second kappa shape index (κ2) is 8.45. The quantitative estimate of drug-likeness (QED) is 0.841. The van der Waals surface area contributed by atoms with Crippen molar-refractivity contribution in [2.24, 2.45) is 0 Å². The summed E-state index contributed by atoms with van der Waals surface area (Å²) >= 11 is 0. The van der Waals surface area contributed by atoms with E-state index in [9.17, 15) is 23.8 Å². The average molecular weight is 376 g/mol. The largest absolute Gasteiger partial charge is 0.508 e. The van der Waals surface area contributed by atoms with E-state index in [1.165, 1.54) is 18.2 Å².